The fourth-order valence-electron chi connectivity index (χ4n) is 9.36. The Balaban J connectivity index is 0.942. The molecule has 5 aromatic rings. The number of carbonyl (C=O) groups is 5. The first-order chi connectivity index (χ1) is 45.6. The predicted molar refractivity (Wildman–Crippen MR) is 338 cm³/mol. The lowest BCUT2D eigenvalue weighted by molar-refractivity contribution is -0.135. The van der Waals surface area contributed by atoms with Crippen LogP contribution in [0.2, 0.25) is 0 Å². The molecule has 0 radical (unpaired) electrons. The van der Waals surface area contributed by atoms with E-state index in [0.29, 0.717) is 12.2 Å². The highest BCUT2D eigenvalue weighted by atomic mass is 32.2. The van der Waals surface area contributed by atoms with Crippen molar-refractivity contribution in [3.63, 3.8) is 0 Å². The molecule has 0 aliphatic heterocycles. The summed E-state index contributed by atoms with van der Waals surface area (Å²) in [4.78, 5) is 64.8. The predicted octanol–water partition coefficient (Wildman–Crippen LogP) is 0.560. The van der Waals surface area contributed by atoms with Gasteiger partial charge in [-0.1, -0.05) is 74.4 Å². The number of nitrogens with zero attached hydrogens (tertiary/aromatic N) is 11. The molecule has 3 atom stereocenters. The van der Waals surface area contributed by atoms with Gasteiger partial charge >= 0.3 is 0 Å². The third-order valence-electron chi connectivity index (χ3n) is 14.3. The van der Waals surface area contributed by atoms with Crippen LogP contribution in [0.15, 0.2) is 76.9 Å². The van der Waals surface area contributed by atoms with E-state index >= 15 is 0 Å². The monoisotopic (exact) mass is 1380 g/mol. The van der Waals surface area contributed by atoms with Gasteiger partial charge in [-0.05, 0) is 74.4 Å². The maximum Gasteiger partial charge on any atom is 0.262 e. The molecule has 34 nitrogen and oxygen atoms in total. The maximum atomic E-state index is 13.9. The number of benzene rings is 2. The van der Waals surface area contributed by atoms with E-state index in [1.807, 2.05) is 6.92 Å². The van der Waals surface area contributed by atoms with Gasteiger partial charge in [0.25, 0.3) is 11.8 Å². The summed E-state index contributed by atoms with van der Waals surface area (Å²) >= 11 is 0. The van der Waals surface area contributed by atoms with Gasteiger partial charge in [0.2, 0.25) is 37.8 Å². The zero-order valence-electron chi connectivity index (χ0n) is 54.9. The van der Waals surface area contributed by atoms with Crippen LogP contribution in [0, 0.1) is 18.8 Å². The average Bonchev–Trinajstić information content (AvgIpc) is 1.05. The zero-order valence-corrected chi connectivity index (χ0v) is 56.5. The van der Waals surface area contributed by atoms with Crippen LogP contribution in [0.4, 0.5) is 0 Å². The second-order valence-electron chi connectivity index (χ2n) is 22.3. The molecule has 5 rings (SSSR count). The number of hydrogen-bond acceptors (Lipinski definition) is 24. The lowest BCUT2D eigenvalue weighted by Crippen LogP contribution is -2.51. The Kier molecular flexibility index (Phi) is 34.1. The van der Waals surface area contributed by atoms with E-state index in [9.17, 15) is 51.2 Å². The number of nitrogens with one attached hydrogen (secondary N) is 5. The van der Waals surface area contributed by atoms with E-state index in [1.165, 1.54) is 57.6 Å². The molecule has 3 unspecified atom stereocenters. The number of rotatable bonds is 49. The molecule has 2 aromatic carbocycles. The number of carbonyl (C=O) groups excluding carboxylic acids is 5. The number of sulfonamides is 2. The minimum atomic E-state index is -4.27. The second-order valence-corrected chi connectivity index (χ2v) is 26.1. The van der Waals surface area contributed by atoms with Gasteiger partial charge in [-0.15, -0.1) is 15.3 Å². The number of methoxy groups -OCH3 is 1. The Hall–Kier alpha value is -7.49. The third kappa shape index (κ3) is 26.6. The Morgan fingerprint density at radius 2 is 0.968 bits per heavy atom. The number of aryl methyl sites for hydroxylation is 2. The molecule has 7 N–H and O–H groups in total. The third-order valence-corrected chi connectivity index (χ3v) is 17.9. The summed E-state index contributed by atoms with van der Waals surface area (Å²) in [6.45, 7) is 13.3. The van der Waals surface area contributed by atoms with Crippen molar-refractivity contribution >= 4 is 49.6 Å². The van der Waals surface area contributed by atoms with Gasteiger partial charge in [0, 0.05) is 38.1 Å². The first-order valence-electron chi connectivity index (χ1n) is 31.2. The van der Waals surface area contributed by atoms with Crippen LogP contribution in [-0.2, 0) is 112 Å². The van der Waals surface area contributed by atoms with Gasteiger partial charge in [0.05, 0.1) is 139 Å². The van der Waals surface area contributed by atoms with Crippen LogP contribution >= 0.6 is 0 Å². The molecular formula is C59H92N16O18S2. The van der Waals surface area contributed by atoms with Gasteiger partial charge in [-0.2, -0.15) is 8.61 Å². The number of hydroxylamine groups is 2. The summed E-state index contributed by atoms with van der Waals surface area (Å²) in [6.07, 6.45) is 7.28. The standard InChI is InChI=1S/C59H92N16O18S2/c1-8-9-10-46-37-73(70-63-46)42-54(77)62-52(57(78)61-22-26-89-30-34-93-36-32-91-27-23-71-38-47(64-68-71)40-74(55(43(2)3)58(79)66-81)94(83,84)50-15-11-45(6)12-16-50)19-20-53(76)60-21-25-88-29-33-92-35-31-90-28-24-72-39-48(65-69-72)41-75(56(44(4)5)59(80)67-82)95(85,86)51-17-13-49(87-7)14-18-51/h11-18,37-39,43-44,52,55-56,81-82H,8-10,19-36,40-42H2,1-7H3,(H,60,76)(H,61,78)(H,62,77)(H,66,79)(H,67,80). The molecule has 95 heavy (non-hydrogen) atoms. The highest BCUT2D eigenvalue weighted by molar-refractivity contribution is 7.89. The van der Waals surface area contributed by atoms with Crippen molar-refractivity contribution in [1.29, 1.82) is 0 Å². The molecule has 0 saturated carbocycles. The SMILES string of the molecule is CCCCc1cn(CC(=O)NC(CCC(=O)NCCOCCOCCOCCn2cc(CN(C(C(=O)NO)C(C)C)S(=O)(=O)c3ccc(OC)cc3)nn2)C(=O)NCCOCCOCCOCCn2cc(CN(C(C(=O)NO)C(C)C)S(=O)(=O)c3ccc(C)cc3)nn2)nn1. The number of unbranched alkanes of at least 4 members (excludes halogenated alkanes) is 1. The minimum absolute atomic E-state index is 0.00835. The molecule has 0 aliphatic rings. The lowest BCUT2D eigenvalue weighted by atomic mass is 10.0. The van der Waals surface area contributed by atoms with E-state index < -0.39 is 73.6 Å². The van der Waals surface area contributed by atoms with Crippen molar-refractivity contribution < 1.29 is 84.4 Å². The van der Waals surface area contributed by atoms with E-state index in [0.717, 1.165) is 32.7 Å². The maximum absolute atomic E-state index is 13.9. The van der Waals surface area contributed by atoms with Gasteiger partial charge in [0.15, 0.2) is 0 Å². The average molecular weight is 1380 g/mol. The van der Waals surface area contributed by atoms with Crippen molar-refractivity contribution in [3.8, 4) is 5.75 Å². The van der Waals surface area contributed by atoms with Gasteiger partial charge < -0.3 is 49.1 Å². The van der Waals surface area contributed by atoms with Gasteiger partial charge in [-0.25, -0.2) is 41.8 Å². The van der Waals surface area contributed by atoms with Crippen LogP contribution in [0.5, 0.6) is 5.75 Å². The molecule has 528 valence electrons. The zero-order chi connectivity index (χ0) is 69.2. The molecule has 0 fully saturated rings. The van der Waals surface area contributed by atoms with Crippen LogP contribution in [0.3, 0.4) is 0 Å². The molecule has 36 heteroatoms. The van der Waals surface area contributed by atoms with E-state index in [4.69, 9.17) is 33.2 Å². The minimum Gasteiger partial charge on any atom is -0.497 e. The molecule has 5 amide bonds. The van der Waals surface area contributed by atoms with Crippen molar-refractivity contribution in [1.82, 2.24) is 80.5 Å². The Morgan fingerprint density at radius 3 is 1.42 bits per heavy atom. The fraction of sp³-hybridized carbons (Fsp3) is 0.610. The van der Waals surface area contributed by atoms with Crippen LogP contribution in [0.25, 0.3) is 0 Å². The molecular weight excluding hydrogens is 1280 g/mol. The molecule has 0 saturated heterocycles. The Morgan fingerprint density at radius 1 is 0.547 bits per heavy atom. The van der Waals surface area contributed by atoms with E-state index in [2.05, 4.69) is 53.8 Å². The largest absolute Gasteiger partial charge is 0.497 e. The van der Waals surface area contributed by atoms with Crippen LogP contribution in [-0.4, -0.2) is 228 Å². The smallest absolute Gasteiger partial charge is 0.262 e. The fourth-order valence-corrected chi connectivity index (χ4v) is 12.7. The Labute approximate surface area is 553 Å². The Bertz CT molecular complexity index is 3340. The van der Waals surface area contributed by atoms with Gasteiger partial charge in [0.1, 0.15) is 30.4 Å². The second kappa shape index (κ2) is 41.5. The first kappa shape index (κ1) is 78.2. The number of aromatic nitrogens is 9. The summed E-state index contributed by atoms with van der Waals surface area (Å²) < 4.78 is 101. The van der Waals surface area contributed by atoms with Crippen molar-refractivity contribution in [2.45, 2.75) is 134 Å². The number of amides is 5. The lowest BCUT2D eigenvalue weighted by Gasteiger charge is -2.31. The first-order valence-corrected chi connectivity index (χ1v) is 34.1. The summed E-state index contributed by atoms with van der Waals surface area (Å²) in [5, 5.41) is 51.7. The molecule has 0 aliphatic carbocycles. The highest BCUT2D eigenvalue weighted by Crippen LogP contribution is 2.27. The van der Waals surface area contributed by atoms with Crippen molar-refractivity contribution in [3.05, 3.63) is 89.8 Å². The molecule has 0 spiro atoms. The highest BCUT2D eigenvalue weighted by Gasteiger charge is 2.40. The summed E-state index contributed by atoms with van der Waals surface area (Å²) in [5.74, 6) is -3.76. The topological polar surface area (TPSA) is 417 Å². The molecule has 3 heterocycles. The summed E-state index contributed by atoms with van der Waals surface area (Å²) in [5.41, 5.74) is 5.29. The number of ether oxygens (including phenoxy) is 7. The van der Waals surface area contributed by atoms with Crippen LogP contribution < -0.4 is 31.6 Å². The van der Waals surface area contributed by atoms with Crippen molar-refractivity contribution in [2.75, 3.05) is 99.5 Å². The van der Waals surface area contributed by atoms with E-state index in [-0.39, 0.29) is 165 Å². The summed E-state index contributed by atoms with van der Waals surface area (Å²) in [7, 11) is -7.04. The quantitative estimate of drug-likeness (QED) is 0.0159. The molecule has 0 bridgehead atoms. The summed E-state index contributed by atoms with van der Waals surface area (Å²) in [6, 6.07) is 8.33. The normalized spacial score (nSPS) is 12.9. The number of hydrogen-bond donors (Lipinski definition) is 7. The molecule has 3 aromatic heterocycles. The van der Waals surface area contributed by atoms with E-state index in [1.54, 1.807) is 69.4 Å². The van der Waals surface area contributed by atoms with Crippen LogP contribution in [0.1, 0.15) is 82.9 Å². The van der Waals surface area contributed by atoms with Gasteiger partial charge in [-0.3, -0.25) is 34.4 Å². The van der Waals surface area contributed by atoms with Crippen molar-refractivity contribution in [2.24, 2.45) is 11.8 Å².